The van der Waals surface area contributed by atoms with Crippen LogP contribution < -0.4 is 5.32 Å². The summed E-state index contributed by atoms with van der Waals surface area (Å²) < 4.78 is 0. The minimum atomic E-state index is 0.709. The minimum Gasteiger partial charge on any atom is -0.340 e. The van der Waals surface area contributed by atoms with Gasteiger partial charge in [0, 0.05) is 28.3 Å². The summed E-state index contributed by atoms with van der Waals surface area (Å²) in [6.45, 7) is 0. The van der Waals surface area contributed by atoms with Gasteiger partial charge in [-0.15, -0.1) is 0 Å². The Bertz CT molecular complexity index is 545. The van der Waals surface area contributed by atoms with Crippen LogP contribution in [0.2, 0.25) is 10.0 Å². The minimum absolute atomic E-state index is 0.709. The molecule has 92 valence electrons. The van der Waals surface area contributed by atoms with Crippen molar-refractivity contribution in [3.8, 4) is 0 Å². The van der Waals surface area contributed by atoms with Crippen molar-refractivity contribution >= 4 is 34.7 Å². The smallest absolute Gasteiger partial charge is 0.132 e. The standard InChI is InChI=1S/C14H12Cl2N2/c1-17-14(10-2-4-11(15)5-3-10)18-13-8-6-12(16)7-9-13/h2-9H,1H3,(H,17,18). The third-order valence-electron chi connectivity index (χ3n) is 2.45. The molecule has 2 nitrogen and oxygen atoms in total. The van der Waals surface area contributed by atoms with Gasteiger partial charge in [0.05, 0.1) is 0 Å². The molecule has 0 heterocycles. The van der Waals surface area contributed by atoms with Crippen LogP contribution in [0.3, 0.4) is 0 Å². The summed E-state index contributed by atoms with van der Waals surface area (Å²) in [6, 6.07) is 15.0. The summed E-state index contributed by atoms with van der Waals surface area (Å²) >= 11 is 11.7. The lowest BCUT2D eigenvalue weighted by atomic mass is 10.2. The topological polar surface area (TPSA) is 24.4 Å². The van der Waals surface area contributed by atoms with Gasteiger partial charge >= 0.3 is 0 Å². The molecule has 0 saturated carbocycles. The van der Waals surface area contributed by atoms with Gasteiger partial charge in [-0.3, -0.25) is 4.99 Å². The van der Waals surface area contributed by atoms with E-state index in [9.17, 15) is 0 Å². The first kappa shape index (κ1) is 12.9. The van der Waals surface area contributed by atoms with Gasteiger partial charge in [-0.05, 0) is 48.5 Å². The number of halogens is 2. The molecule has 0 aliphatic carbocycles. The number of nitrogens with one attached hydrogen (secondary N) is 1. The lowest BCUT2D eigenvalue weighted by molar-refractivity contribution is 1.40. The van der Waals surface area contributed by atoms with Crippen molar-refractivity contribution in [2.24, 2.45) is 4.99 Å². The molecule has 0 spiro atoms. The van der Waals surface area contributed by atoms with Crippen molar-refractivity contribution in [2.75, 3.05) is 12.4 Å². The van der Waals surface area contributed by atoms with Crippen LogP contribution in [0.25, 0.3) is 0 Å². The van der Waals surface area contributed by atoms with E-state index in [1.54, 1.807) is 7.05 Å². The second kappa shape index (κ2) is 5.89. The van der Waals surface area contributed by atoms with E-state index in [2.05, 4.69) is 10.3 Å². The summed E-state index contributed by atoms with van der Waals surface area (Å²) in [7, 11) is 1.74. The summed E-state index contributed by atoms with van der Waals surface area (Å²) in [4.78, 5) is 4.24. The van der Waals surface area contributed by atoms with E-state index in [4.69, 9.17) is 23.2 Å². The first-order valence-electron chi connectivity index (χ1n) is 5.44. The van der Waals surface area contributed by atoms with E-state index in [1.165, 1.54) is 0 Å². The highest BCUT2D eigenvalue weighted by Crippen LogP contribution is 2.16. The fourth-order valence-corrected chi connectivity index (χ4v) is 1.79. The van der Waals surface area contributed by atoms with Gasteiger partial charge in [0.2, 0.25) is 0 Å². The summed E-state index contributed by atoms with van der Waals surface area (Å²) in [5, 5.41) is 4.66. The van der Waals surface area contributed by atoms with Gasteiger partial charge < -0.3 is 5.32 Å². The molecule has 0 fully saturated rings. The number of benzene rings is 2. The SMILES string of the molecule is CN=C(Nc1ccc(Cl)cc1)c1ccc(Cl)cc1. The summed E-state index contributed by atoms with van der Waals surface area (Å²) in [6.07, 6.45) is 0. The third-order valence-corrected chi connectivity index (χ3v) is 2.95. The molecule has 0 bridgehead atoms. The highest BCUT2D eigenvalue weighted by Gasteiger charge is 2.03. The van der Waals surface area contributed by atoms with E-state index in [0.29, 0.717) is 10.0 Å². The zero-order chi connectivity index (χ0) is 13.0. The summed E-state index contributed by atoms with van der Waals surface area (Å²) in [5.41, 5.74) is 1.92. The van der Waals surface area contributed by atoms with Crippen LogP contribution >= 0.6 is 23.2 Å². The van der Waals surface area contributed by atoms with E-state index >= 15 is 0 Å². The zero-order valence-electron chi connectivity index (χ0n) is 9.82. The molecule has 0 amide bonds. The van der Waals surface area contributed by atoms with E-state index in [1.807, 2.05) is 48.5 Å². The second-order valence-electron chi connectivity index (χ2n) is 3.71. The maximum atomic E-state index is 5.86. The Labute approximate surface area is 116 Å². The average Bonchev–Trinajstić information content (AvgIpc) is 2.39. The van der Waals surface area contributed by atoms with Crippen LogP contribution in [-0.2, 0) is 0 Å². The average molecular weight is 279 g/mol. The van der Waals surface area contributed by atoms with Gasteiger partial charge in [0.1, 0.15) is 5.84 Å². The molecular formula is C14H12Cl2N2. The van der Waals surface area contributed by atoms with E-state index < -0.39 is 0 Å². The quantitative estimate of drug-likeness (QED) is 0.636. The highest BCUT2D eigenvalue weighted by molar-refractivity contribution is 6.31. The van der Waals surface area contributed by atoms with Crippen LogP contribution in [0.4, 0.5) is 5.69 Å². The second-order valence-corrected chi connectivity index (χ2v) is 4.58. The highest BCUT2D eigenvalue weighted by atomic mass is 35.5. The number of hydrogen-bond donors (Lipinski definition) is 1. The van der Waals surface area contributed by atoms with Gasteiger partial charge in [-0.1, -0.05) is 23.2 Å². The fourth-order valence-electron chi connectivity index (χ4n) is 1.53. The normalized spacial score (nSPS) is 11.4. The molecule has 0 aliphatic rings. The Morgan fingerprint density at radius 2 is 1.39 bits per heavy atom. The lowest BCUT2D eigenvalue weighted by Crippen LogP contribution is -2.13. The molecule has 18 heavy (non-hydrogen) atoms. The number of hydrogen-bond acceptors (Lipinski definition) is 1. The maximum Gasteiger partial charge on any atom is 0.132 e. The van der Waals surface area contributed by atoms with Crippen LogP contribution in [0.1, 0.15) is 5.56 Å². The van der Waals surface area contributed by atoms with Crippen LogP contribution in [0, 0.1) is 0 Å². The molecular weight excluding hydrogens is 267 g/mol. The Hall–Kier alpha value is -1.51. The Kier molecular flexibility index (Phi) is 4.24. The molecule has 0 unspecified atom stereocenters. The third kappa shape index (κ3) is 3.25. The van der Waals surface area contributed by atoms with Crippen LogP contribution in [0.15, 0.2) is 53.5 Å². The zero-order valence-corrected chi connectivity index (χ0v) is 11.3. The van der Waals surface area contributed by atoms with Crippen molar-refractivity contribution in [1.82, 2.24) is 0 Å². The van der Waals surface area contributed by atoms with Crippen molar-refractivity contribution in [2.45, 2.75) is 0 Å². The van der Waals surface area contributed by atoms with Gasteiger partial charge in [0.25, 0.3) is 0 Å². The first-order chi connectivity index (χ1) is 8.69. The molecule has 0 aliphatic heterocycles. The molecule has 2 aromatic rings. The number of aliphatic imine (C=N–C) groups is 1. The monoisotopic (exact) mass is 278 g/mol. The largest absolute Gasteiger partial charge is 0.340 e. The van der Waals surface area contributed by atoms with Crippen LogP contribution in [0.5, 0.6) is 0 Å². The molecule has 0 radical (unpaired) electrons. The van der Waals surface area contributed by atoms with E-state index in [0.717, 1.165) is 17.1 Å². The summed E-state index contributed by atoms with van der Waals surface area (Å²) in [5.74, 6) is 0.786. The van der Waals surface area contributed by atoms with Crippen molar-refractivity contribution in [1.29, 1.82) is 0 Å². The Morgan fingerprint density at radius 3 is 1.89 bits per heavy atom. The lowest BCUT2D eigenvalue weighted by Gasteiger charge is -2.09. The molecule has 0 saturated heterocycles. The van der Waals surface area contributed by atoms with Crippen molar-refractivity contribution < 1.29 is 0 Å². The number of anilines is 1. The maximum absolute atomic E-state index is 5.86. The fraction of sp³-hybridized carbons (Fsp3) is 0.0714. The first-order valence-corrected chi connectivity index (χ1v) is 6.20. The van der Waals surface area contributed by atoms with Gasteiger partial charge in [-0.25, -0.2) is 0 Å². The van der Waals surface area contributed by atoms with Crippen molar-refractivity contribution in [3.05, 3.63) is 64.1 Å². The predicted molar refractivity (Wildman–Crippen MR) is 79.0 cm³/mol. The molecule has 2 rings (SSSR count). The predicted octanol–water partition coefficient (Wildman–Crippen LogP) is 4.48. The molecule has 1 N–H and O–H groups in total. The number of amidine groups is 1. The molecule has 4 heteroatoms. The molecule has 0 aromatic heterocycles. The Balaban J connectivity index is 2.20. The Morgan fingerprint density at radius 1 is 0.889 bits per heavy atom. The van der Waals surface area contributed by atoms with Crippen molar-refractivity contribution in [3.63, 3.8) is 0 Å². The number of nitrogens with zero attached hydrogens (tertiary/aromatic N) is 1. The van der Waals surface area contributed by atoms with E-state index in [-0.39, 0.29) is 0 Å². The van der Waals surface area contributed by atoms with Gasteiger partial charge in [-0.2, -0.15) is 0 Å². The molecule has 0 atom stereocenters. The number of rotatable bonds is 2. The van der Waals surface area contributed by atoms with Crippen LogP contribution in [-0.4, -0.2) is 12.9 Å². The van der Waals surface area contributed by atoms with Gasteiger partial charge in [0.15, 0.2) is 0 Å². The molecule has 2 aromatic carbocycles.